The van der Waals surface area contributed by atoms with Crippen LogP contribution in [0.4, 0.5) is 0 Å². The summed E-state index contributed by atoms with van der Waals surface area (Å²) in [6, 6.07) is 2.26. The monoisotopic (exact) mass is 204 g/mol. The molecule has 4 heteroatoms. The van der Waals surface area contributed by atoms with Crippen molar-refractivity contribution in [2.75, 3.05) is 6.54 Å². The number of hydrogen-bond acceptors (Lipinski definition) is 3. The van der Waals surface area contributed by atoms with Gasteiger partial charge in [0.2, 0.25) is 0 Å². The second kappa shape index (κ2) is 4.82. The van der Waals surface area contributed by atoms with Crippen LogP contribution in [0.25, 0.3) is 0 Å². The molecule has 2 nitrogen and oxygen atoms in total. The molecule has 68 valence electrons. The van der Waals surface area contributed by atoms with Crippen LogP contribution in [0.5, 0.6) is 0 Å². The van der Waals surface area contributed by atoms with Gasteiger partial charge in [-0.05, 0) is 18.4 Å². The van der Waals surface area contributed by atoms with Gasteiger partial charge in [0.05, 0.1) is 5.02 Å². The van der Waals surface area contributed by atoms with Crippen LogP contribution in [-0.2, 0) is 6.54 Å². The number of nitrogens with one attached hydrogen (secondary N) is 1. The van der Waals surface area contributed by atoms with E-state index in [-0.39, 0.29) is 0 Å². The van der Waals surface area contributed by atoms with Crippen LogP contribution in [0.3, 0.4) is 0 Å². The molecule has 1 heterocycles. The van der Waals surface area contributed by atoms with Crippen molar-refractivity contribution in [3.63, 3.8) is 0 Å². The van der Waals surface area contributed by atoms with Gasteiger partial charge in [0.1, 0.15) is 0 Å². The number of thiophene rings is 1. The Labute approximate surface area is 81.7 Å². The van der Waals surface area contributed by atoms with Crippen LogP contribution < -0.4 is 11.1 Å². The number of nitrogens with two attached hydrogens (primary N) is 1. The molecule has 0 saturated carbocycles. The highest BCUT2D eigenvalue weighted by atomic mass is 35.5. The van der Waals surface area contributed by atoms with Crippen molar-refractivity contribution in [3.8, 4) is 0 Å². The summed E-state index contributed by atoms with van der Waals surface area (Å²) < 4.78 is 0. The molecule has 0 amide bonds. The topological polar surface area (TPSA) is 38.0 Å². The molecular formula is C8H13ClN2S. The van der Waals surface area contributed by atoms with E-state index in [1.54, 1.807) is 11.3 Å². The van der Waals surface area contributed by atoms with Crippen molar-refractivity contribution >= 4 is 22.9 Å². The third kappa shape index (κ3) is 2.75. The van der Waals surface area contributed by atoms with Gasteiger partial charge in [-0.3, -0.25) is 0 Å². The van der Waals surface area contributed by atoms with E-state index in [0.29, 0.717) is 12.6 Å². The molecule has 0 bridgehead atoms. The highest BCUT2D eigenvalue weighted by molar-refractivity contribution is 7.10. The zero-order valence-electron chi connectivity index (χ0n) is 7.01. The molecule has 0 saturated heterocycles. The fourth-order valence-corrected chi connectivity index (χ4v) is 1.86. The predicted molar refractivity (Wildman–Crippen MR) is 54.7 cm³/mol. The minimum Gasteiger partial charge on any atom is -0.329 e. The molecule has 0 aliphatic heterocycles. The Morgan fingerprint density at radius 2 is 2.50 bits per heavy atom. The molecule has 0 aromatic carbocycles. The summed E-state index contributed by atoms with van der Waals surface area (Å²) >= 11 is 7.57. The van der Waals surface area contributed by atoms with Gasteiger partial charge in [-0.2, -0.15) is 0 Å². The zero-order valence-corrected chi connectivity index (χ0v) is 8.58. The van der Waals surface area contributed by atoms with Crippen LogP contribution in [-0.4, -0.2) is 12.6 Å². The third-order valence-electron chi connectivity index (χ3n) is 1.66. The molecule has 1 aromatic rings. The van der Waals surface area contributed by atoms with Gasteiger partial charge < -0.3 is 11.1 Å². The first-order valence-electron chi connectivity index (χ1n) is 3.89. The minimum absolute atomic E-state index is 0.350. The average molecular weight is 205 g/mol. The molecule has 1 rings (SSSR count). The number of rotatable bonds is 4. The quantitative estimate of drug-likeness (QED) is 0.786. The van der Waals surface area contributed by atoms with Crippen LogP contribution in [0, 0.1) is 0 Å². The summed E-state index contributed by atoms with van der Waals surface area (Å²) in [5.41, 5.74) is 5.46. The Hall–Kier alpha value is -0.0900. The first-order valence-corrected chi connectivity index (χ1v) is 5.15. The molecule has 0 aliphatic rings. The highest BCUT2D eigenvalue weighted by Crippen LogP contribution is 2.21. The molecule has 0 fully saturated rings. The molecule has 0 spiro atoms. The Morgan fingerprint density at radius 1 is 1.75 bits per heavy atom. The standard InChI is InChI=1S/C8H13ClN2S/c1-6(4-10)11-5-8-7(9)2-3-12-8/h2-3,6,11H,4-5,10H2,1H3/t6-/m0/s1. The van der Waals surface area contributed by atoms with Crippen molar-refractivity contribution in [1.29, 1.82) is 0 Å². The van der Waals surface area contributed by atoms with E-state index in [9.17, 15) is 0 Å². The van der Waals surface area contributed by atoms with Gasteiger partial charge in [-0.1, -0.05) is 11.6 Å². The largest absolute Gasteiger partial charge is 0.329 e. The second-order valence-electron chi connectivity index (χ2n) is 2.71. The van der Waals surface area contributed by atoms with Gasteiger partial charge in [-0.25, -0.2) is 0 Å². The van der Waals surface area contributed by atoms with Crippen LogP contribution >= 0.6 is 22.9 Å². The Kier molecular flexibility index (Phi) is 4.01. The summed E-state index contributed by atoms with van der Waals surface area (Å²) in [5.74, 6) is 0. The minimum atomic E-state index is 0.350. The summed E-state index contributed by atoms with van der Waals surface area (Å²) in [5, 5.41) is 6.11. The van der Waals surface area contributed by atoms with E-state index in [1.807, 2.05) is 11.4 Å². The maximum absolute atomic E-state index is 5.91. The van der Waals surface area contributed by atoms with Crippen LogP contribution in [0.15, 0.2) is 11.4 Å². The van der Waals surface area contributed by atoms with E-state index in [0.717, 1.165) is 11.6 Å². The lowest BCUT2D eigenvalue weighted by atomic mass is 10.3. The average Bonchev–Trinajstić information content (AvgIpc) is 2.47. The van der Waals surface area contributed by atoms with E-state index in [4.69, 9.17) is 17.3 Å². The number of halogens is 1. The molecular weight excluding hydrogens is 192 g/mol. The third-order valence-corrected chi connectivity index (χ3v) is 3.04. The zero-order chi connectivity index (χ0) is 8.97. The van der Waals surface area contributed by atoms with Gasteiger partial charge in [0.25, 0.3) is 0 Å². The lowest BCUT2D eigenvalue weighted by molar-refractivity contribution is 0.560. The van der Waals surface area contributed by atoms with Gasteiger partial charge in [-0.15, -0.1) is 11.3 Å². The van der Waals surface area contributed by atoms with Crippen molar-refractivity contribution in [1.82, 2.24) is 5.32 Å². The van der Waals surface area contributed by atoms with Crippen molar-refractivity contribution < 1.29 is 0 Å². The molecule has 0 aliphatic carbocycles. The van der Waals surface area contributed by atoms with E-state index in [2.05, 4.69) is 12.2 Å². The van der Waals surface area contributed by atoms with Gasteiger partial charge in [0, 0.05) is 24.0 Å². The molecule has 12 heavy (non-hydrogen) atoms. The molecule has 0 unspecified atom stereocenters. The number of hydrogen-bond donors (Lipinski definition) is 2. The fraction of sp³-hybridized carbons (Fsp3) is 0.500. The molecule has 0 radical (unpaired) electrons. The fourth-order valence-electron chi connectivity index (χ4n) is 0.801. The summed E-state index contributed by atoms with van der Waals surface area (Å²) in [6.45, 7) is 3.53. The second-order valence-corrected chi connectivity index (χ2v) is 4.12. The smallest absolute Gasteiger partial charge is 0.0558 e. The summed E-state index contributed by atoms with van der Waals surface area (Å²) in [7, 11) is 0. The lowest BCUT2D eigenvalue weighted by Crippen LogP contribution is -2.32. The predicted octanol–water partition coefficient (Wildman–Crippen LogP) is 1.84. The molecule has 3 N–H and O–H groups in total. The van der Waals surface area contributed by atoms with Crippen LogP contribution in [0.2, 0.25) is 5.02 Å². The molecule has 1 atom stereocenters. The summed E-state index contributed by atoms with van der Waals surface area (Å²) in [6.07, 6.45) is 0. The first kappa shape index (κ1) is 9.99. The Balaban J connectivity index is 2.38. The van der Waals surface area contributed by atoms with Gasteiger partial charge >= 0.3 is 0 Å². The van der Waals surface area contributed by atoms with Crippen molar-refractivity contribution in [3.05, 3.63) is 21.3 Å². The van der Waals surface area contributed by atoms with E-state index >= 15 is 0 Å². The first-order chi connectivity index (χ1) is 5.74. The maximum Gasteiger partial charge on any atom is 0.0558 e. The Bertz CT molecular complexity index is 237. The van der Waals surface area contributed by atoms with E-state index < -0.39 is 0 Å². The highest BCUT2D eigenvalue weighted by Gasteiger charge is 2.02. The van der Waals surface area contributed by atoms with Crippen molar-refractivity contribution in [2.24, 2.45) is 5.73 Å². The van der Waals surface area contributed by atoms with Gasteiger partial charge in [0.15, 0.2) is 0 Å². The SMILES string of the molecule is C[C@@H](CN)NCc1sccc1Cl. The molecule has 1 aromatic heterocycles. The summed E-state index contributed by atoms with van der Waals surface area (Å²) in [4.78, 5) is 1.18. The maximum atomic E-state index is 5.91. The Morgan fingerprint density at radius 3 is 3.00 bits per heavy atom. The van der Waals surface area contributed by atoms with Crippen molar-refractivity contribution in [2.45, 2.75) is 19.5 Å². The normalized spacial score (nSPS) is 13.2. The van der Waals surface area contributed by atoms with Crippen LogP contribution in [0.1, 0.15) is 11.8 Å². The van der Waals surface area contributed by atoms with E-state index in [1.165, 1.54) is 4.88 Å². The lowest BCUT2D eigenvalue weighted by Gasteiger charge is -2.09.